The van der Waals surface area contributed by atoms with E-state index in [0.717, 1.165) is 12.1 Å². The molecule has 0 spiro atoms. The van der Waals surface area contributed by atoms with Crippen molar-refractivity contribution in [2.75, 3.05) is 19.6 Å². The smallest absolute Gasteiger partial charge is 0.131 e. The normalized spacial score (nSPS) is 24.6. The highest BCUT2D eigenvalue weighted by Gasteiger charge is 2.32. The van der Waals surface area contributed by atoms with Gasteiger partial charge in [0.25, 0.3) is 0 Å². The van der Waals surface area contributed by atoms with Crippen LogP contribution in [0.1, 0.15) is 32.4 Å². The lowest BCUT2D eigenvalue weighted by Crippen LogP contribution is -2.52. The van der Waals surface area contributed by atoms with Gasteiger partial charge in [0, 0.05) is 31.3 Å². The zero-order chi connectivity index (χ0) is 14.9. The van der Waals surface area contributed by atoms with Gasteiger partial charge >= 0.3 is 0 Å². The zero-order valence-corrected chi connectivity index (χ0v) is 12.1. The van der Waals surface area contributed by atoms with E-state index in [1.807, 2.05) is 25.7 Å². The third-order valence-electron chi connectivity index (χ3n) is 3.39. The van der Waals surface area contributed by atoms with E-state index >= 15 is 0 Å². The van der Waals surface area contributed by atoms with Crippen LogP contribution < -0.4 is 0 Å². The molecular formula is C15H21F2NO2. The van der Waals surface area contributed by atoms with E-state index in [2.05, 4.69) is 0 Å². The van der Waals surface area contributed by atoms with Crippen molar-refractivity contribution >= 4 is 0 Å². The molecule has 112 valence electrons. The first-order chi connectivity index (χ1) is 9.27. The van der Waals surface area contributed by atoms with Gasteiger partial charge in [0.2, 0.25) is 0 Å². The molecule has 1 aromatic rings. The van der Waals surface area contributed by atoms with E-state index in [-0.39, 0.29) is 17.3 Å². The second-order valence-corrected chi connectivity index (χ2v) is 6.06. The third-order valence-corrected chi connectivity index (χ3v) is 3.39. The topological polar surface area (TPSA) is 32.7 Å². The standard InChI is InChI=1S/C15H21F2NO2/c1-10-7-18(9-15(2,3)20-10)8-14(19)12-5-4-11(16)6-13(12)17/h4-6,10,14,19H,7-9H2,1-3H3/t10-,14+/m0/s1. The van der Waals surface area contributed by atoms with Crippen molar-refractivity contribution in [3.8, 4) is 0 Å². The second kappa shape index (κ2) is 5.76. The summed E-state index contributed by atoms with van der Waals surface area (Å²) in [6.07, 6.45) is -0.916. The predicted octanol–water partition coefficient (Wildman–Crippen LogP) is 2.50. The van der Waals surface area contributed by atoms with Crippen molar-refractivity contribution in [2.24, 2.45) is 0 Å². The zero-order valence-electron chi connectivity index (χ0n) is 12.1. The van der Waals surface area contributed by atoms with E-state index in [1.165, 1.54) is 6.07 Å². The van der Waals surface area contributed by atoms with Gasteiger partial charge in [0.05, 0.1) is 17.8 Å². The van der Waals surface area contributed by atoms with Crippen LogP contribution in [0.25, 0.3) is 0 Å². The fourth-order valence-electron chi connectivity index (χ4n) is 2.84. The Morgan fingerprint density at radius 1 is 1.45 bits per heavy atom. The van der Waals surface area contributed by atoms with Crippen molar-refractivity contribution in [3.63, 3.8) is 0 Å². The fourth-order valence-corrected chi connectivity index (χ4v) is 2.84. The number of ether oxygens (including phenoxy) is 1. The molecule has 5 heteroatoms. The van der Waals surface area contributed by atoms with E-state index in [0.29, 0.717) is 19.6 Å². The Morgan fingerprint density at radius 2 is 2.15 bits per heavy atom. The van der Waals surface area contributed by atoms with Gasteiger partial charge < -0.3 is 9.84 Å². The molecule has 2 rings (SSSR count). The van der Waals surface area contributed by atoms with Crippen molar-refractivity contribution < 1.29 is 18.6 Å². The number of hydrogen-bond acceptors (Lipinski definition) is 3. The molecule has 0 saturated carbocycles. The number of rotatable bonds is 3. The van der Waals surface area contributed by atoms with Gasteiger partial charge in [-0.05, 0) is 26.8 Å². The van der Waals surface area contributed by atoms with Crippen molar-refractivity contribution in [1.29, 1.82) is 0 Å². The molecule has 1 saturated heterocycles. The lowest BCUT2D eigenvalue weighted by atomic mass is 10.0. The molecule has 0 radical (unpaired) electrons. The van der Waals surface area contributed by atoms with E-state index in [9.17, 15) is 13.9 Å². The number of benzene rings is 1. The van der Waals surface area contributed by atoms with Crippen LogP contribution in [-0.2, 0) is 4.74 Å². The molecule has 0 unspecified atom stereocenters. The van der Waals surface area contributed by atoms with Gasteiger partial charge in [-0.15, -0.1) is 0 Å². The number of morpholine rings is 1. The van der Waals surface area contributed by atoms with Crippen LogP contribution in [0.5, 0.6) is 0 Å². The molecule has 1 aliphatic heterocycles. The summed E-state index contributed by atoms with van der Waals surface area (Å²) in [6, 6.07) is 3.25. The average molecular weight is 285 g/mol. The highest BCUT2D eigenvalue weighted by Crippen LogP contribution is 2.24. The minimum absolute atomic E-state index is 0.0593. The summed E-state index contributed by atoms with van der Waals surface area (Å²) >= 11 is 0. The molecule has 2 atom stereocenters. The third kappa shape index (κ3) is 3.75. The van der Waals surface area contributed by atoms with Crippen molar-refractivity contribution in [3.05, 3.63) is 35.4 Å². The minimum Gasteiger partial charge on any atom is -0.387 e. The van der Waals surface area contributed by atoms with Crippen LogP contribution in [0.3, 0.4) is 0 Å². The summed E-state index contributed by atoms with van der Waals surface area (Å²) in [5.74, 6) is -1.35. The summed E-state index contributed by atoms with van der Waals surface area (Å²) in [5, 5.41) is 10.2. The molecule has 1 aliphatic rings. The molecule has 1 N–H and O–H groups in total. The number of halogens is 2. The quantitative estimate of drug-likeness (QED) is 0.926. The van der Waals surface area contributed by atoms with Gasteiger partial charge in [0.1, 0.15) is 11.6 Å². The van der Waals surface area contributed by atoms with Crippen LogP contribution >= 0.6 is 0 Å². The molecule has 3 nitrogen and oxygen atoms in total. The molecule has 20 heavy (non-hydrogen) atoms. The molecule has 0 bridgehead atoms. The van der Waals surface area contributed by atoms with Gasteiger partial charge in [-0.25, -0.2) is 8.78 Å². The summed E-state index contributed by atoms with van der Waals surface area (Å²) in [6.45, 7) is 7.60. The van der Waals surface area contributed by atoms with E-state index in [1.54, 1.807) is 0 Å². The maximum absolute atomic E-state index is 13.6. The van der Waals surface area contributed by atoms with Crippen LogP contribution in [-0.4, -0.2) is 41.3 Å². The number of nitrogens with zero attached hydrogens (tertiary/aromatic N) is 1. The Labute approximate surface area is 118 Å². The van der Waals surface area contributed by atoms with Gasteiger partial charge in [0.15, 0.2) is 0 Å². The van der Waals surface area contributed by atoms with E-state index < -0.39 is 17.7 Å². The monoisotopic (exact) mass is 285 g/mol. The van der Waals surface area contributed by atoms with Crippen LogP contribution in [0.15, 0.2) is 18.2 Å². The van der Waals surface area contributed by atoms with Crippen LogP contribution in [0, 0.1) is 11.6 Å². The lowest BCUT2D eigenvalue weighted by molar-refractivity contribution is -0.134. The predicted molar refractivity (Wildman–Crippen MR) is 72.4 cm³/mol. The van der Waals surface area contributed by atoms with Crippen LogP contribution in [0.2, 0.25) is 0 Å². The Balaban J connectivity index is 2.05. The summed E-state index contributed by atoms with van der Waals surface area (Å²) in [5.41, 5.74) is -0.165. The van der Waals surface area contributed by atoms with Crippen molar-refractivity contribution in [1.82, 2.24) is 4.90 Å². The Kier molecular flexibility index (Phi) is 4.42. The lowest BCUT2D eigenvalue weighted by Gasteiger charge is -2.42. The van der Waals surface area contributed by atoms with Crippen LogP contribution in [0.4, 0.5) is 8.78 Å². The number of hydrogen-bond donors (Lipinski definition) is 1. The summed E-state index contributed by atoms with van der Waals surface area (Å²) in [4.78, 5) is 2.04. The van der Waals surface area contributed by atoms with Crippen molar-refractivity contribution in [2.45, 2.75) is 38.6 Å². The second-order valence-electron chi connectivity index (χ2n) is 6.06. The highest BCUT2D eigenvalue weighted by atomic mass is 19.1. The molecule has 0 aromatic heterocycles. The molecule has 0 aliphatic carbocycles. The SMILES string of the molecule is C[C@H]1CN(C[C@@H](O)c2ccc(F)cc2F)CC(C)(C)O1. The summed E-state index contributed by atoms with van der Waals surface area (Å²) < 4.78 is 32.3. The minimum atomic E-state index is -0.975. The van der Waals surface area contributed by atoms with Gasteiger partial charge in [-0.1, -0.05) is 6.07 Å². The highest BCUT2D eigenvalue weighted by molar-refractivity contribution is 5.21. The average Bonchev–Trinajstić information content (AvgIpc) is 2.25. The Morgan fingerprint density at radius 3 is 2.75 bits per heavy atom. The number of β-amino-alcohol motifs (C(OH)–C–C–N with tert-alkyl or cyclic N) is 1. The molecule has 0 amide bonds. The molecule has 1 fully saturated rings. The summed E-state index contributed by atoms with van der Waals surface area (Å²) in [7, 11) is 0. The maximum Gasteiger partial charge on any atom is 0.131 e. The number of aliphatic hydroxyl groups excluding tert-OH is 1. The molecule has 1 heterocycles. The first kappa shape index (κ1) is 15.4. The van der Waals surface area contributed by atoms with Gasteiger partial charge in [-0.2, -0.15) is 0 Å². The fraction of sp³-hybridized carbons (Fsp3) is 0.600. The first-order valence-electron chi connectivity index (χ1n) is 6.80. The molecular weight excluding hydrogens is 264 g/mol. The van der Waals surface area contributed by atoms with Gasteiger partial charge in [-0.3, -0.25) is 4.90 Å². The maximum atomic E-state index is 13.6. The first-order valence-corrected chi connectivity index (χ1v) is 6.80. The largest absolute Gasteiger partial charge is 0.387 e. The van der Waals surface area contributed by atoms with E-state index in [4.69, 9.17) is 4.74 Å². The molecule has 1 aromatic carbocycles. The Hall–Kier alpha value is -1.04. The Bertz CT molecular complexity index is 479. The number of aliphatic hydroxyl groups is 1.